The number of carbonyl (C=O) groups is 6. The lowest BCUT2D eigenvalue weighted by Crippen LogP contribution is -2.28. The third-order valence-electron chi connectivity index (χ3n) is 1.60. The van der Waals surface area contributed by atoms with Gasteiger partial charge in [0.2, 0.25) is 0 Å². The number of carbonyl (C=O) groups excluding carboxylic acids is 6. The van der Waals surface area contributed by atoms with Crippen LogP contribution in [0.2, 0.25) is 0 Å². The molecule has 0 atom stereocenters. The zero-order chi connectivity index (χ0) is 15.7. The van der Waals surface area contributed by atoms with Gasteiger partial charge in [-0.1, -0.05) is 0 Å². The van der Waals surface area contributed by atoms with Crippen LogP contribution in [0, 0.1) is 0 Å². The van der Waals surface area contributed by atoms with E-state index in [9.17, 15) is 28.8 Å². The maximum absolute atomic E-state index is 11.0. The first-order valence-electron chi connectivity index (χ1n) is 4.91. The van der Waals surface area contributed by atoms with E-state index in [0.717, 1.165) is 0 Å². The van der Waals surface area contributed by atoms with Crippen molar-refractivity contribution < 1.29 is 38.2 Å². The summed E-state index contributed by atoms with van der Waals surface area (Å²) in [6, 6.07) is 0. The quantitative estimate of drug-likeness (QED) is 0.265. The van der Waals surface area contributed by atoms with E-state index < -0.39 is 48.5 Å². The number of hydrogen-bond donors (Lipinski definition) is 2. The predicted molar refractivity (Wildman–Crippen MR) is 59.5 cm³/mol. The molecule has 20 heavy (non-hydrogen) atoms. The Hall–Kier alpha value is -3.04. The molecule has 0 aliphatic carbocycles. The molecule has 0 saturated carbocycles. The first-order chi connectivity index (χ1) is 9.23. The Balaban J connectivity index is 4.09. The van der Waals surface area contributed by atoms with Crippen LogP contribution >= 0.6 is 0 Å². The summed E-state index contributed by atoms with van der Waals surface area (Å²) in [4.78, 5) is 63.9. The normalized spacial score (nSPS) is 9.80. The van der Waals surface area contributed by atoms with E-state index in [1.54, 1.807) is 0 Å². The largest absolute Gasteiger partial charge is 0.454 e. The van der Waals surface area contributed by atoms with Gasteiger partial charge in [0.1, 0.15) is 0 Å². The van der Waals surface area contributed by atoms with Crippen LogP contribution < -0.4 is 11.5 Å². The van der Waals surface area contributed by atoms with Gasteiger partial charge in [-0.05, 0) is 0 Å². The maximum atomic E-state index is 11.0. The molecule has 0 unspecified atom stereocenters. The molecule has 0 rings (SSSR count). The fraction of sp³-hybridized carbons (Fsp3) is 0.200. The summed E-state index contributed by atoms with van der Waals surface area (Å²) in [5, 5.41) is 0. The highest BCUT2D eigenvalue weighted by atomic mass is 16.5. The van der Waals surface area contributed by atoms with E-state index >= 15 is 0 Å². The summed E-state index contributed by atoms with van der Waals surface area (Å²) in [7, 11) is 0. The average molecular weight is 286 g/mol. The molecule has 10 nitrogen and oxygen atoms in total. The van der Waals surface area contributed by atoms with Crippen LogP contribution in [0.15, 0.2) is 12.2 Å². The lowest BCUT2D eigenvalue weighted by atomic mass is 10.4. The highest BCUT2D eigenvalue weighted by Gasteiger charge is 2.12. The van der Waals surface area contributed by atoms with Crippen molar-refractivity contribution in [3.05, 3.63) is 12.2 Å². The van der Waals surface area contributed by atoms with E-state index in [0.29, 0.717) is 12.2 Å². The lowest BCUT2D eigenvalue weighted by molar-refractivity contribution is -0.147. The Morgan fingerprint density at radius 3 is 1.25 bits per heavy atom. The molecule has 0 saturated heterocycles. The number of esters is 2. The number of amides is 2. The molecule has 2 amide bonds. The van der Waals surface area contributed by atoms with Gasteiger partial charge in [-0.2, -0.15) is 0 Å². The zero-order valence-corrected chi connectivity index (χ0v) is 9.99. The van der Waals surface area contributed by atoms with Gasteiger partial charge in [0.05, 0.1) is 0 Å². The molecule has 0 radical (unpaired) electrons. The van der Waals surface area contributed by atoms with Crippen molar-refractivity contribution in [3.63, 3.8) is 0 Å². The monoisotopic (exact) mass is 286 g/mol. The van der Waals surface area contributed by atoms with E-state index in [1.807, 2.05) is 0 Å². The van der Waals surface area contributed by atoms with Gasteiger partial charge in [0.15, 0.2) is 13.2 Å². The third-order valence-corrected chi connectivity index (χ3v) is 1.60. The second-order valence-electron chi connectivity index (χ2n) is 3.12. The summed E-state index contributed by atoms with van der Waals surface area (Å²) in [5.74, 6) is -7.02. The molecule has 0 spiro atoms. The molecule has 0 fully saturated rings. The van der Waals surface area contributed by atoms with Gasteiger partial charge < -0.3 is 20.9 Å². The first kappa shape index (κ1) is 17.0. The second kappa shape index (κ2) is 8.13. The first-order valence-corrected chi connectivity index (χ1v) is 4.91. The number of hydrogen-bond acceptors (Lipinski definition) is 8. The fourth-order valence-electron chi connectivity index (χ4n) is 0.648. The Morgan fingerprint density at radius 1 is 0.700 bits per heavy atom. The van der Waals surface area contributed by atoms with E-state index in [-0.39, 0.29) is 0 Å². The smallest absolute Gasteiger partial charge is 0.331 e. The van der Waals surface area contributed by atoms with Gasteiger partial charge in [-0.3, -0.25) is 19.2 Å². The summed E-state index contributed by atoms with van der Waals surface area (Å²) >= 11 is 0. The van der Waals surface area contributed by atoms with Crippen LogP contribution in [0.5, 0.6) is 0 Å². The van der Waals surface area contributed by atoms with Crippen LogP contribution in [0.25, 0.3) is 0 Å². The zero-order valence-electron chi connectivity index (χ0n) is 9.99. The molecule has 0 aliphatic rings. The van der Waals surface area contributed by atoms with Gasteiger partial charge in [-0.25, -0.2) is 9.59 Å². The van der Waals surface area contributed by atoms with Crippen LogP contribution in [-0.2, 0) is 38.2 Å². The van der Waals surface area contributed by atoms with Crippen molar-refractivity contribution >= 4 is 35.3 Å². The molecule has 0 aromatic rings. The number of ketones is 2. The molecule has 108 valence electrons. The second-order valence-corrected chi connectivity index (χ2v) is 3.12. The van der Waals surface area contributed by atoms with Gasteiger partial charge in [-0.15, -0.1) is 0 Å². The Kier molecular flexibility index (Phi) is 6.89. The van der Waals surface area contributed by atoms with Gasteiger partial charge in [0, 0.05) is 12.2 Å². The summed E-state index contributed by atoms with van der Waals surface area (Å²) in [6.45, 7) is -1.73. The van der Waals surface area contributed by atoms with Gasteiger partial charge in [0.25, 0.3) is 23.4 Å². The Morgan fingerprint density at radius 2 is 1.00 bits per heavy atom. The van der Waals surface area contributed by atoms with E-state index in [1.165, 1.54) is 0 Å². The molecular weight excluding hydrogens is 276 g/mol. The average Bonchev–Trinajstić information content (AvgIpc) is 2.39. The predicted octanol–water partition coefficient (Wildman–Crippen LogP) is -3.26. The number of primary amides is 2. The molecule has 4 N–H and O–H groups in total. The molecule has 0 aromatic heterocycles. The van der Waals surface area contributed by atoms with Gasteiger partial charge >= 0.3 is 11.9 Å². The number of rotatable bonds is 8. The summed E-state index contributed by atoms with van der Waals surface area (Å²) < 4.78 is 8.51. The van der Waals surface area contributed by atoms with Crippen LogP contribution in [0.4, 0.5) is 0 Å². The van der Waals surface area contributed by atoms with Crippen molar-refractivity contribution in [2.75, 3.05) is 13.2 Å². The molecule has 0 heterocycles. The van der Waals surface area contributed by atoms with Crippen molar-refractivity contribution in [3.8, 4) is 0 Å². The summed E-state index contributed by atoms with van der Waals surface area (Å²) in [6.07, 6.45) is 1.18. The van der Waals surface area contributed by atoms with Crippen LogP contribution in [0.1, 0.15) is 0 Å². The van der Waals surface area contributed by atoms with Crippen molar-refractivity contribution in [2.45, 2.75) is 0 Å². The highest BCUT2D eigenvalue weighted by molar-refractivity contribution is 6.36. The molecule has 10 heteroatoms. The lowest BCUT2D eigenvalue weighted by Gasteiger charge is -1.99. The van der Waals surface area contributed by atoms with Crippen LogP contribution in [0.3, 0.4) is 0 Å². The topological polar surface area (TPSA) is 173 Å². The van der Waals surface area contributed by atoms with E-state index in [2.05, 4.69) is 20.9 Å². The minimum absolute atomic E-state index is 0.589. The highest BCUT2D eigenvalue weighted by Crippen LogP contribution is 1.87. The molecule has 0 aromatic carbocycles. The van der Waals surface area contributed by atoms with Crippen molar-refractivity contribution in [2.24, 2.45) is 11.5 Å². The maximum Gasteiger partial charge on any atom is 0.331 e. The van der Waals surface area contributed by atoms with Crippen molar-refractivity contribution in [1.82, 2.24) is 0 Å². The third kappa shape index (κ3) is 7.32. The molecule has 0 bridgehead atoms. The minimum atomic E-state index is -1.27. The number of ether oxygens (including phenoxy) is 2. The standard InChI is InChI=1S/C10H10N2O8/c11-9(17)5(13)3-19-7(15)1-2-8(16)20-4-6(14)10(12)18/h1-2H,3-4H2,(H2,11,17)(H2,12,18)/b2-1+. The Bertz CT molecular complexity index is 449. The molecule has 0 aliphatic heterocycles. The van der Waals surface area contributed by atoms with Crippen molar-refractivity contribution in [1.29, 1.82) is 0 Å². The summed E-state index contributed by atoms with van der Waals surface area (Å²) in [5.41, 5.74) is 9.19. The number of nitrogens with two attached hydrogens (primary N) is 2. The number of Topliss-reactive ketones (excluding diaryl/α,β-unsaturated/α-hetero) is 2. The Labute approximate surface area is 111 Å². The fourth-order valence-corrected chi connectivity index (χ4v) is 0.648. The van der Waals surface area contributed by atoms with E-state index in [4.69, 9.17) is 0 Å². The molecular formula is C10H10N2O8. The SMILES string of the molecule is NC(=O)C(=O)COC(=O)/C=C/C(=O)OCC(=O)C(N)=O. The van der Waals surface area contributed by atoms with Crippen LogP contribution in [-0.4, -0.2) is 48.5 Å². The minimum Gasteiger partial charge on any atom is -0.454 e.